The molecule has 1 heterocycles. The van der Waals surface area contributed by atoms with E-state index in [4.69, 9.17) is 10.7 Å². The van der Waals surface area contributed by atoms with Gasteiger partial charge in [-0.3, -0.25) is 0 Å². The summed E-state index contributed by atoms with van der Waals surface area (Å²) in [7, 11) is -1.74. The molecule has 88 valence electrons. The molecule has 1 aliphatic heterocycles. The SMILES string of the molecule is O=S(=O)(Cl)/C=C\CC1CCCCS1(=O)=O. The van der Waals surface area contributed by atoms with E-state index in [1.54, 1.807) is 0 Å². The van der Waals surface area contributed by atoms with Crippen LogP contribution in [0.2, 0.25) is 0 Å². The van der Waals surface area contributed by atoms with Gasteiger partial charge in [0.15, 0.2) is 9.84 Å². The van der Waals surface area contributed by atoms with Crippen LogP contribution in [0, 0.1) is 0 Å². The first-order chi connectivity index (χ1) is 6.81. The fourth-order valence-electron chi connectivity index (χ4n) is 1.61. The zero-order valence-electron chi connectivity index (χ0n) is 8.10. The van der Waals surface area contributed by atoms with Crippen molar-refractivity contribution in [3.05, 3.63) is 11.5 Å². The maximum atomic E-state index is 11.5. The Bertz CT molecular complexity index is 435. The van der Waals surface area contributed by atoms with E-state index >= 15 is 0 Å². The topological polar surface area (TPSA) is 68.3 Å². The molecule has 1 atom stereocenters. The smallest absolute Gasteiger partial charge is 0.229 e. The Morgan fingerprint density at radius 1 is 1.33 bits per heavy atom. The summed E-state index contributed by atoms with van der Waals surface area (Å²) in [6, 6.07) is 0. The third kappa shape index (κ3) is 4.53. The third-order valence-corrected chi connectivity index (χ3v) is 5.50. The van der Waals surface area contributed by atoms with Crippen molar-refractivity contribution in [3.63, 3.8) is 0 Å². The minimum atomic E-state index is -3.67. The zero-order valence-corrected chi connectivity index (χ0v) is 10.5. The van der Waals surface area contributed by atoms with Gasteiger partial charge in [-0.1, -0.05) is 12.5 Å². The molecule has 0 amide bonds. The van der Waals surface area contributed by atoms with E-state index in [0.717, 1.165) is 11.8 Å². The molecule has 4 nitrogen and oxygen atoms in total. The minimum absolute atomic E-state index is 0.207. The van der Waals surface area contributed by atoms with Crippen molar-refractivity contribution < 1.29 is 16.8 Å². The van der Waals surface area contributed by atoms with Gasteiger partial charge >= 0.3 is 0 Å². The Morgan fingerprint density at radius 3 is 2.53 bits per heavy atom. The van der Waals surface area contributed by atoms with Crippen molar-refractivity contribution in [1.82, 2.24) is 0 Å². The van der Waals surface area contributed by atoms with Crippen LogP contribution in [-0.2, 0) is 18.9 Å². The summed E-state index contributed by atoms with van der Waals surface area (Å²) in [5.41, 5.74) is 0. The van der Waals surface area contributed by atoms with Crippen LogP contribution in [-0.4, -0.2) is 27.8 Å². The predicted molar refractivity (Wildman–Crippen MR) is 60.0 cm³/mol. The lowest BCUT2D eigenvalue weighted by atomic mass is 10.1. The van der Waals surface area contributed by atoms with Crippen LogP contribution in [0.25, 0.3) is 0 Å². The normalized spacial score (nSPS) is 26.9. The second-order valence-corrected chi connectivity index (χ2v) is 8.48. The molecule has 0 N–H and O–H groups in total. The average Bonchev–Trinajstić information content (AvgIpc) is 2.05. The molecule has 1 unspecified atom stereocenters. The first-order valence-corrected chi connectivity index (χ1v) is 8.73. The van der Waals surface area contributed by atoms with Gasteiger partial charge in [0.25, 0.3) is 9.05 Å². The lowest BCUT2D eigenvalue weighted by molar-refractivity contribution is 0.540. The Morgan fingerprint density at radius 2 is 2.00 bits per heavy atom. The van der Waals surface area contributed by atoms with Gasteiger partial charge in [-0.05, 0) is 19.3 Å². The van der Waals surface area contributed by atoms with E-state index < -0.39 is 24.1 Å². The summed E-state index contributed by atoms with van der Waals surface area (Å²) >= 11 is 0. The Labute approximate surface area is 94.7 Å². The zero-order chi connectivity index (χ0) is 11.5. The molecule has 15 heavy (non-hydrogen) atoms. The number of halogens is 1. The summed E-state index contributed by atoms with van der Waals surface area (Å²) in [6.07, 6.45) is 3.74. The molecule has 1 aliphatic rings. The molecule has 1 saturated heterocycles. The lowest BCUT2D eigenvalue weighted by Gasteiger charge is -2.20. The molecule has 0 bridgehead atoms. The van der Waals surface area contributed by atoms with Crippen LogP contribution in [0.15, 0.2) is 11.5 Å². The van der Waals surface area contributed by atoms with E-state index in [0.29, 0.717) is 12.8 Å². The maximum Gasteiger partial charge on any atom is 0.254 e. The van der Waals surface area contributed by atoms with Crippen molar-refractivity contribution >= 4 is 29.6 Å². The van der Waals surface area contributed by atoms with Crippen LogP contribution >= 0.6 is 10.7 Å². The first kappa shape index (κ1) is 13.0. The van der Waals surface area contributed by atoms with Crippen molar-refractivity contribution in [2.75, 3.05) is 5.75 Å². The largest absolute Gasteiger partial charge is 0.254 e. The Hall–Kier alpha value is -0.0700. The second kappa shape index (κ2) is 4.84. The van der Waals surface area contributed by atoms with E-state index in [2.05, 4.69) is 0 Å². The van der Waals surface area contributed by atoms with Gasteiger partial charge in [0, 0.05) is 16.1 Å². The van der Waals surface area contributed by atoms with Crippen LogP contribution in [0.4, 0.5) is 0 Å². The molecule has 0 aromatic rings. The van der Waals surface area contributed by atoms with Crippen molar-refractivity contribution in [2.24, 2.45) is 0 Å². The van der Waals surface area contributed by atoms with E-state index in [1.807, 2.05) is 0 Å². The first-order valence-electron chi connectivity index (χ1n) is 4.64. The van der Waals surface area contributed by atoms with Gasteiger partial charge < -0.3 is 0 Å². The highest BCUT2D eigenvalue weighted by Crippen LogP contribution is 2.22. The standard InChI is InChI=1S/C8H13ClO4S2/c9-15(12,13)7-3-5-8-4-1-2-6-14(8,10)11/h3,7-8H,1-2,4-6H2/b7-3-. The number of hydrogen-bond acceptors (Lipinski definition) is 4. The Kier molecular flexibility index (Phi) is 4.20. The third-order valence-electron chi connectivity index (χ3n) is 2.37. The Balaban J connectivity index is 2.62. The molecule has 0 aliphatic carbocycles. The molecular weight excluding hydrogens is 260 g/mol. The summed E-state index contributed by atoms with van der Waals surface area (Å²) < 4.78 is 44.2. The fourth-order valence-corrected chi connectivity index (χ4v) is 4.04. The fraction of sp³-hybridized carbons (Fsp3) is 0.750. The van der Waals surface area contributed by atoms with Gasteiger partial charge in [0.1, 0.15) is 0 Å². The van der Waals surface area contributed by atoms with E-state index in [1.165, 1.54) is 6.08 Å². The van der Waals surface area contributed by atoms with Gasteiger partial charge in [-0.15, -0.1) is 0 Å². The number of allylic oxidation sites excluding steroid dienone is 1. The van der Waals surface area contributed by atoms with Gasteiger partial charge in [-0.25, -0.2) is 16.8 Å². The van der Waals surface area contributed by atoms with Crippen LogP contribution in [0.1, 0.15) is 25.7 Å². The summed E-state index contributed by atoms with van der Waals surface area (Å²) in [5, 5.41) is 0.402. The highest BCUT2D eigenvalue weighted by Gasteiger charge is 2.27. The number of hydrogen-bond donors (Lipinski definition) is 0. The summed E-state index contributed by atoms with van der Waals surface area (Å²) in [5.74, 6) is 0.207. The minimum Gasteiger partial charge on any atom is -0.229 e. The van der Waals surface area contributed by atoms with Crippen molar-refractivity contribution in [1.29, 1.82) is 0 Å². The molecule has 0 spiro atoms. The van der Waals surface area contributed by atoms with E-state index in [-0.39, 0.29) is 12.2 Å². The molecule has 7 heteroatoms. The van der Waals surface area contributed by atoms with Crippen LogP contribution in [0.5, 0.6) is 0 Å². The van der Waals surface area contributed by atoms with Gasteiger partial charge in [-0.2, -0.15) is 0 Å². The number of sulfone groups is 1. The molecule has 1 rings (SSSR count). The van der Waals surface area contributed by atoms with Crippen molar-refractivity contribution in [2.45, 2.75) is 30.9 Å². The second-order valence-electron chi connectivity index (χ2n) is 3.57. The van der Waals surface area contributed by atoms with E-state index in [9.17, 15) is 16.8 Å². The van der Waals surface area contributed by atoms with Gasteiger partial charge in [0.2, 0.25) is 0 Å². The van der Waals surface area contributed by atoms with Crippen LogP contribution in [0.3, 0.4) is 0 Å². The summed E-state index contributed by atoms with van der Waals surface area (Å²) in [4.78, 5) is 0. The number of rotatable bonds is 3. The lowest BCUT2D eigenvalue weighted by Crippen LogP contribution is -2.27. The summed E-state index contributed by atoms with van der Waals surface area (Å²) in [6.45, 7) is 0. The predicted octanol–water partition coefficient (Wildman–Crippen LogP) is 1.43. The average molecular weight is 273 g/mol. The molecule has 0 aromatic carbocycles. The molecule has 0 aromatic heterocycles. The molecule has 0 radical (unpaired) electrons. The van der Waals surface area contributed by atoms with Crippen molar-refractivity contribution in [3.8, 4) is 0 Å². The van der Waals surface area contributed by atoms with Gasteiger partial charge in [0.05, 0.1) is 11.0 Å². The molecule has 1 fully saturated rings. The van der Waals surface area contributed by atoms with Crippen LogP contribution < -0.4 is 0 Å². The highest BCUT2D eigenvalue weighted by molar-refractivity contribution is 8.16. The quantitative estimate of drug-likeness (QED) is 0.729. The molecular formula is C8H13ClO4S2. The molecule has 0 saturated carbocycles. The highest BCUT2D eigenvalue weighted by atomic mass is 35.7. The monoisotopic (exact) mass is 272 g/mol. The maximum absolute atomic E-state index is 11.5.